The number of imidazole rings is 2. The first-order valence-electron chi connectivity index (χ1n) is 10.8. The molecule has 0 spiro atoms. The van der Waals surface area contributed by atoms with Gasteiger partial charge in [-0.05, 0) is 23.2 Å². The summed E-state index contributed by atoms with van der Waals surface area (Å²) in [5, 5.41) is 26.3. The number of nitrogens with one attached hydrogen (secondary N) is 1. The fourth-order valence-electron chi connectivity index (χ4n) is 3.64. The minimum absolute atomic E-state index is 0. The summed E-state index contributed by atoms with van der Waals surface area (Å²) in [5.41, 5.74) is -2.40. The van der Waals surface area contributed by atoms with Crippen molar-refractivity contribution >= 4 is 45.5 Å². The molecule has 15 nitrogen and oxygen atoms in total. The molecule has 40 heavy (non-hydrogen) atoms. The van der Waals surface area contributed by atoms with E-state index in [1.54, 1.807) is 12.1 Å². The Morgan fingerprint density at radius 2 is 1.20 bits per heavy atom. The van der Waals surface area contributed by atoms with Gasteiger partial charge in [-0.25, -0.2) is 14.2 Å². The molecule has 0 aliphatic heterocycles. The van der Waals surface area contributed by atoms with Crippen molar-refractivity contribution in [3.8, 4) is 18.2 Å². The Morgan fingerprint density at radius 1 is 0.750 bits per heavy atom. The van der Waals surface area contributed by atoms with Crippen LogP contribution in [0.15, 0.2) is 44.5 Å². The van der Waals surface area contributed by atoms with Crippen LogP contribution >= 0.6 is 23.2 Å². The molecule has 0 saturated carbocycles. The zero-order valence-corrected chi connectivity index (χ0v) is 21.5. The van der Waals surface area contributed by atoms with E-state index in [4.69, 9.17) is 39.0 Å². The molecule has 0 saturated heterocycles. The van der Waals surface area contributed by atoms with Crippen LogP contribution in [-0.4, -0.2) is 37.8 Å². The number of rotatable bonds is 7. The zero-order chi connectivity index (χ0) is 28.9. The molecule has 0 fully saturated rings. The number of nitrogens with zero attached hydrogens (tertiary/aromatic N) is 10. The molecule has 4 heterocycles. The lowest BCUT2D eigenvalue weighted by atomic mass is 10.4. The van der Waals surface area contributed by atoms with E-state index in [1.165, 1.54) is 15.2 Å². The number of hydrogen-bond donors (Lipinski definition) is 1. The van der Waals surface area contributed by atoms with E-state index < -0.39 is 29.0 Å². The highest BCUT2D eigenvalue weighted by Crippen LogP contribution is 2.16. The molecule has 0 radical (unpaired) electrons. The van der Waals surface area contributed by atoms with Gasteiger partial charge in [0.2, 0.25) is 10.6 Å². The van der Waals surface area contributed by atoms with Crippen LogP contribution in [0.2, 0.25) is 10.6 Å². The Kier molecular flexibility index (Phi) is 10.1. The van der Waals surface area contributed by atoms with E-state index in [1.807, 2.05) is 12.1 Å². The van der Waals surface area contributed by atoms with Crippen LogP contribution < -0.4 is 22.5 Å². The number of allylic oxidation sites excluding steroid dienone is 2. The van der Waals surface area contributed by atoms with Gasteiger partial charge in [0.05, 0.1) is 18.2 Å². The second-order valence-electron chi connectivity index (χ2n) is 7.48. The minimum Gasteiger partial charge on any atom is -0.305 e. The monoisotopic (exact) mass is 585 g/mol. The molecule has 0 aliphatic rings. The number of nitriles is 3. The predicted molar refractivity (Wildman–Crippen MR) is 147 cm³/mol. The number of H-pyrrole nitrogens is 1. The first-order valence-corrected chi connectivity index (χ1v) is 11.5. The summed E-state index contributed by atoms with van der Waals surface area (Å²) in [6, 6.07) is 5.39. The normalized spacial score (nSPS) is 10.1. The van der Waals surface area contributed by atoms with Crippen molar-refractivity contribution in [3.63, 3.8) is 0 Å². The van der Waals surface area contributed by atoms with E-state index in [0.29, 0.717) is 0 Å². The lowest BCUT2D eigenvalue weighted by Gasteiger charge is -2.07. The van der Waals surface area contributed by atoms with Gasteiger partial charge in [0.15, 0.2) is 22.3 Å². The van der Waals surface area contributed by atoms with Crippen LogP contribution in [0, 0.1) is 34.0 Å². The molecule has 4 aromatic heterocycles. The Labute approximate surface area is 234 Å². The first kappa shape index (κ1) is 31.1. The molecule has 0 amide bonds. The highest BCUT2D eigenvalue weighted by Gasteiger charge is 2.20. The van der Waals surface area contributed by atoms with E-state index in [2.05, 4.69) is 28.1 Å². The summed E-state index contributed by atoms with van der Waals surface area (Å²) >= 11 is 11.9. The summed E-state index contributed by atoms with van der Waals surface area (Å²) in [4.78, 5) is 57.9. The number of aromatic amines is 1. The van der Waals surface area contributed by atoms with Crippen molar-refractivity contribution < 1.29 is 0 Å². The van der Waals surface area contributed by atoms with E-state index in [-0.39, 0.29) is 66.5 Å². The third kappa shape index (κ3) is 5.49. The summed E-state index contributed by atoms with van der Waals surface area (Å²) in [5.74, 6) is 0. The average Bonchev–Trinajstić information content (AvgIpc) is 3.40. The lowest BCUT2D eigenvalue weighted by Crippen LogP contribution is -2.40. The first-order chi connectivity index (χ1) is 18.7. The number of aromatic nitrogens is 8. The molecule has 0 bridgehead atoms. The fraction of sp³-hybridized carbons (Fsp3) is 0.261. The largest absolute Gasteiger partial charge is 0.334 e. The molecule has 4 rings (SSSR count). The molecule has 4 aromatic rings. The van der Waals surface area contributed by atoms with E-state index in [9.17, 15) is 19.2 Å². The van der Waals surface area contributed by atoms with Crippen molar-refractivity contribution in [1.29, 1.82) is 15.8 Å². The molecule has 0 unspecified atom stereocenters. The molecule has 0 aliphatic carbocycles. The second-order valence-corrected chi connectivity index (χ2v) is 8.16. The van der Waals surface area contributed by atoms with E-state index in [0.717, 1.165) is 13.7 Å². The van der Waals surface area contributed by atoms with Crippen LogP contribution in [0.25, 0.3) is 22.3 Å². The molecule has 17 heteroatoms. The van der Waals surface area contributed by atoms with Gasteiger partial charge < -0.3 is 9.13 Å². The standard InChI is InChI=1S/C12H9ClN6O2.C10H8ClN5O2.CH4/c1-2-5-17-8-9(16-11(17)13)18(6-3-14)12(21)19(7-4-15)10(8)20;1-2-4-15-6-7(13-9(15)11)16(5-3-12)10(18)14-8(6)17;/h2H,1,5-7H2;2H,1,4-5H2,(H,14,17,18);1H4. The average molecular weight is 586 g/mol. The van der Waals surface area contributed by atoms with Gasteiger partial charge in [0, 0.05) is 13.1 Å². The number of fused-ring (bicyclic) bond motifs is 2. The lowest BCUT2D eigenvalue weighted by molar-refractivity contribution is 0.649. The third-order valence-corrected chi connectivity index (χ3v) is 5.79. The summed E-state index contributed by atoms with van der Waals surface area (Å²) in [6.07, 6.45) is 3.06. The smallest absolute Gasteiger partial charge is 0.305 e. The van der Waals surface area contributed by atoms with Crippen molar-refractivity contribution in [3.05, 3.63) is 77.6 Å². The van der Waals surface area contributed by atoms with Gasteiger partial charge in [-0.3, -0.25) is 23.7 Å². The van der Waals surface area contributed by atoms with Gasteiger partial charge in [-0.1, -0.05) is 19.6 Å². The highest BCUT2D eigenvalue weighted by molar-refractivity contribution is 6.29. The highest BCUT2D eigenvalue weighted by atomic mass is 35.5. The van der Waals surface area contributed by atoms with Crippen LogP contribution in [0.5, 0.6) is 0 Å². The third-order valence-electron chi connectivity index (χ3n) is 5.22. The summed E-state index contributed by atoms with van der Waals surface area (Å²) in [6.45, 7) is 6.66. The summed E-state index contributed by atoms with van der Waals surface area (Å²) in [7, 11) is 0. The maximum absolute atomic E-state index is 12.4. The van der Waals surface area contributed by atoms with Crippen molar-refractivity contribution in [2.24, 2.45) is 0 Å². The van der Waals surface area contributed by atoms with Crippen molar-refractivity contribution in [1.82, 2.24) is 37.8 Å². The molecule has 0 aromatic carbocycles. The number of hydrogen-bond acceptors (Lipinski definition) is 9. The van der Waals surface area contributed by atoms with Crippen LogP contribution in [0.4, 0.5) is 0 Å². The van der Waals surface area contributed by atoms with Crippen molar-refractivity contribution in [2.75, 3.05) is 0 Å². The minimum atomic E-state index is -0.768. The van der Waals surface area contributed by atoms with Crippen LogP contribution in [-0.2, 0) is 32.7 Å². The van der Waals surface area contributed by atoms with Gasteiger partial charge in [-0.15, -0.1) is 13.2 Å². The van der Waals surface area contributed by atoms with Crippen LogP contribution in [0.3, 0.4) is 0 Å². The van der Waals surface area contributed by atoms with E-state index >= 15 is 0 Å². The Morgan fingerprint density at radius 3 is 1.70 bits per heavy atom. The fourth-order valence-corrected chi connectivity index (χ4v) is 4.11. The van der Waals surface area contributed by atoms with Gasteiger partial charge in [0.25, 0.3) is 11.1 Å². The Hall–Kier alpha value is -5.17. The quantitative estimate of drug-likeness (QED) is 0.243. The zero-order valence-electron chi connectivity index (χ0n) is 20.0. The molecule has 1 N–H and O–H groups in total. The second kappa shape index (κ2) is 13.1. The molecular formula is C23H21Cl2N11O4. The van der Waals surface area contributed by atoms with Crippen molar-refractivity contribution in [2.45, 2.75) is 40.2 Å². The van der Waals surface area contributed by atoms with Gasteiger partial charge >= 0.3 is 11.4 Å². The maximum Gasteiger partial charge on any atom is 0.334 e. The molecule has 206 valence electrons. The predicted octanol–water partition coefficient (Wildman–Crippen LogP) is 1.13. The topological polar surface area (TPSA) is 206 Å². The van der Waals surface area contributed by atoms with Crippen LogP contribution in [0.1, 0.15) is 7.43 Å². The molecule has 0 atom stereocenters. The maximum atomic E-state index is 12.4. The Balaban J connectivity index is 0.000000276. The SMILES string of the molecule is C.C=CCn1c(Cl)nc2c1c(=O)[nH]c(=O)n2CC#N.C=CCn1c(Cl)nc2c1c(=O)n(CC#N)c(=O)n2CC#N. The summed E-state index contributed by atoms with van der Waals surface area (Å²) < 4.78 is 5.60. The van der Waals surface area contributed by atoms with Gasteiger partial charge in [0.1, 0.15) is 19.6 Å². The molecular weight excluding hydrogens is 565 g/mol. The van der Waals surface area contributed by atoms with Gasteiger partial charge in [-0.2, -0.15) is 25.8 Å². The Bertz CT molecular complexity index is 1990. The number of halogens is 2.